The fourth-order valence-electron chi connectivity index (χ4n) is 4.06. The van der Waals surface area contributed by atoms with Crippen LogP contribution in [-0.2, 0) is 4.79 Å². The normalized spacial score (nSPS) is 22.5. The minimum atomic E-state index is 0.296. The highest BCUT2D eigenvalue weighted by Gasteiger charge is 2.30. The quantitative estimate of drug-likeness (QED) is 0.837. The van der Waals surface area contributed by atoms with E-state index in [-0.39, 0.29) is 0 Å². The third-order valence-corrected chi connectivity index (χ3v) is 5.36. The maximum absolute atomic E-state index is 13.1. The van der Waals surface area contributed by atoms with Crippen LogP contribution in [0.15, 0.2) is 0 Å². The lowest BCUT2D eigenvalue weighted by Gasteiger charge is -2.37. The highest BCUT2D eigenvalue weighted by molar-refractivity contribution is 5.79. The Labute approximate surface area is 130 Å². The van der Waals surface area contributed by atoms with Crippen LogP contribution in [-0.4, -0.2) is 29.9 Å². The molecule has 0 bridgehead atoms. The first-order valence-electron chi connectivity index (χ1n) is 9.33. The lowest BCUT2D eigenvalue weighted by molar-refractivity contribution is -0.139. The molecule has 0 aliphatic heterocycles. The van der Waals surface area contributed by atoms with Gasteiger partial charge in [0.2, 0.25) is 5.91 Å². The fourth-order valence-corrected chi connectivity index (χ4v) is 4.06. The molecule has 0 heterocycles. The van der Waals surface area contributed by atoms with Crippen LogP contribution in [0.1, 0.15) is 83.5 Å². The topological polar surface area (TPSA) is 46.3 Å². The molecule has 0 aromatic rings. The Hall–Kier alpha value is -0.570. The number of amides is 1. The molecular formula is C18H34N2O. The summed E-state index contributed by atoms with van der Waals surface area (Å²) in [4.78, 5) is 15.3. The molecule has 0 spiro atoms. The minimum absolute atomic E-state index is 0.296. The zero-order chi connectivity index (χ0) is 14.9. The molecule has 21 heavy (non-hydrogen) atoms. The van der Waals surface area contributed by atoms with Crippen LogP contribution >= 0.6 is 0 Å². The van der Waals surface area contributed by atoms with Gasteiger partial charge in [-0.2, -0.15) is 0 Å². The average Bonchev–Trinajstić information content (AvgIpc) is 2.48. The number of rotatable bonds is 5. The van der Waals surface area contributed by atoms with Gasteiger partial charge in [-0.25, -0.2) is 0 Å². The van der Waals surface area contributed by atoms with Gasteiger partial charge >= 0.3 is 0 Å². The molecule has 2 aliphatic carbocycles. The van der Waals surface area contributed by atoms with E-state index < -0.39 is 0 Å². The van der Waals surface area contributed by atoms with Crippen LogP contribution in [0.4, 0.5) is 0 Å². The Kier molecular flexibility index (Phi) is 7.56. The Morgan fingerprint density at radius 2 is 1.38 bits per heavy atom. The molecule has 2 N–H and O–H groups in total. The third kappa shape index (κ3) is 5.28. The van der Waals surface area contributed by atoms with Gasteiger partial charge in [0.15, 0.2) is 0 Å². The molecule has 1 amide bonds. The van der Waals surface area contributed by atoms with Crippen LogP contribution in [0.5, 0.6) is 0 Å². The van der Waals surface area contributed by atoms with Gasteiger partial charge in [0.25, 0.3) is 0 Å². The van der Waals surface area contributed by atoms with Gasteiger partial charge in [-0.05, 0) is 38.6 Å². The molecule has 0 atom stereocenters. The van der Waals surface area contributed by atoms with Crippen molar-refractivity contribution >= 4 is 5.91 Å². The fraction of sp³-hybridized carbons (Fsp3) is 0.944. The molecule has 0 unspecified atom stereocenters. The summed E-state index contributed by atoms with van der Waals surface area (Å²) in [6.07, 6.45) is 16.0. The monoisotopic (exact) mass is 294 g/mol. The lowest BCUT2D eigenvalue weighted by Crippen LogP contribution is -2.45. The number of carbonyl (C=O) groups excluding carboxylic acids is 1. The van der Waals surface area contributed by atoms with E-state index in [4.69, 9.17) is 5.73 Å². The summed E-state index contributed by atoms with van der Waals surface area (Å²) in [5.41, 5.74) is 5.69. The number of nitrogens with zero attached hydrogens (tertiary/aromatic N) is 1. The Bertz CT molecular complexity index is 292. The van der Waals surface area contributed by atoms with Crippen LogP contribution in [0.3, 0.4) is 0 Å². The highest BCUT2D eigenvalue weighted by Crippen LogP contribution is 2.28. The van der Waals surface area contributed by atoms with Crippen molar-refractivity contribution in [3.8, 4) is 0 Å². The van der Waals surface area contributed by atoms with Crippen LogP contribution in [0.2, 0.25) is 0 Å². The van der Waals surface area contributed by atoms with Crippen LogP contribution in [0.25, 0.3) is 0 Å². The Morgan fingerprint density at radius 1 is 0.857 bits per heavy atom. The smallest absolute Gasteiger partial charge is 0.225 e. The van der Waals surface area contributed by atoms with Gasteiger partial charge in [-0.3, -0.25) is 4.79 Å². The van der Waals surface area contributed by atoms with Gasteiger partial charge in [-0.1, -0.05) is 51.4 Å². The average molecular weight is 294 g/mol. The highest BCUT2D eigenvalue weighted by atomic mass is 16.2. The van der Waals surface area contributed by atoms with Crippen molar-refractivity contribution in [3.05, 3.63) is 0 Å². The standard InChI is InChI=1S/C18H34N2O/c19-14-9-15-20(17-12-7-4-8-13-17)18(21)16-10-5-2-1-3-6-11-16/h16-17H,1-15,19H2. The molecule has 122 valence electrons. The SMILES string of the molecule is NCCCN(C(=O)C1CCCCCCC1)C1CCCCC1. The molecule has 2 saturated carbocycles. The number of nitrogens with two attached hydrogens (primary N) is 1. The molecule has 2 fully saturated rings. The van der Waals surface area contributed by atoms with Crippen molar-refractivity contribution in [1.82, 2.24) is 4.90 Å². The van der Waals surface area contributed by atoms with Gasteiger partial charge in [0.05, 0.1) is 0 Å². The second kappa shape index (κ2) is 9.45. The molecular weight excluding hydrogens is 260 g/mol. The maximum Gasteiger partial charge on any atom is 0.225 e. The molecule has 0 aromatic carbocycles. The van der Waals surface area contributed by atoms with Crippen molar-refractivity contribution in [2.45, 2.75) is 89.5 Å². The zero-order valence-corrected chi connectivity index (χ0v) is 13.7. The third-order valence-electron chi connectivity index (χ3n) is 5.36. The summed E-state index contributed by atoms with van der Waals surface area (Å²) in [5.74, 6) is 0.752. The van der Waals surface area contributed by atoms with Crippen molar-refractivity contribution in [2.24, 2.45) is 11.7 Å². The number of hydrogen-bond donors (Lipinski definition) is 1. The summed E-state index contributed by atoms with van der Waals surface area (Å²) in [6, 6.07) is 0.503. The molecule has 3 nitrogen and oxygen atoms in total. The molecule has 2 aliphatic rings. The van der Waals surface area contributed by atoms with Crippen molar-refractivity contribution in [2.75, 3.05) is 13.1 Å². The first-order valence-corrected chi connectivity index (χ1v) is 9.33. The van der Waals surface area contributed by atoms with Gasteiger partial charge < -0.3 is 10.6 Å². The molecule has 2 rings (SSSR count). The summed E-state index contributed by atoms with van der Waals surface area (Å²) < 4.78 is 0. The van der Waals surface area contributed by atoms with Crippen LogP contribution in [0, 0.1) is 5.92 Å². The Balaban J connectivity index is 1.97. The number of carbonyl (C=O) groups is 1. The first kappa shape index (κ1) is 16.8. The molecule has 0 saturated heterocycles. The Morgan fingerprint density at radius 3 is 2.00 bits per heavy atom. The predicted octanol–water partition coefficient (Wildman–Crippen LogP) is 3.86. The molecule has 0 radical (unpaired) electrons. The second-order valence-electron chi connectivity index (χ2n) is 7.01. The lowest BCUT2D eigenvalue weighted by atomic mass is 9.88. The van der Waals surface area contributed by atoms with E-state index in [0.717, 1.165) is 25.8 Å². The summed E-state index contributed by atoms with van der Waals surface area (Å²) in [5, 5.41) is 0. The van der Waals surface area contributed by atoms with E-state index in [1.165, 1.54) is 64.2 Å². The van der Waals surface area contributed by atoms with Crippen molar-refractivity contribution in [1.29, 1.82) is 0 Å². The van der Waals surface area contributed by atoms with E-state index in [2.05, 4.69) is 4.90 Å². The first-order chi connectivity index (χ1) is 10.3. The predicted molar refractivity (Wildman–Crippen MR) is 88.1 cm³/mol. The van der Waals surface area contributed by atoms with Crippen molar-refractivity contribution < 1.29 is 4.79 Å². The van der Waals surface area contributed by atoms with Gasteiger partial charge in [0, 0.05) is 18.5 Å². The zero-order valence-electron chi connectivity index (χ0n) is 13.7. The van der Waals surface area contributed by atoms with E-state index in [9.17, 15) is 4.79 Å². The summed E-state index contributed by atoms with van der Waals surface area (Å²) in [7, 11) is 0. The summed E-state index contributed by atoms with van der Waals surface area (Å²) >= 11 is 0. The minimum Gasteiger partial charge on any atom is -0.339 e. The van der Waals surface area contributed by atoms with E-state index in [1.807, 2.05) is 0 Å². The molecule has 3 heteroatoms. The van der Waals surface area contributed by atoms with E-state index in [0.29, 0.717) is 24.4 Å². The van der Waals surface area contributed by atoms with Crippen LogP contribution < -0.4 is 5.73 Å². The molecule has 0 aromatic heterocycles. The van der Waals surface area contributed by atoms with Gasteiger partial charge in [0.1, 0.15) is 0 Å². The largest absolute Gasteiger partial charge is 0.339 e. The summed E-state index contributed by atoms with van der Waals surface area (Å²) in [6.45, 7) is 1.58. The number of hydrogen-bond acceptors (Lipinski definition) is 2. The van der Waals surface area contributed by atoms with Crippen molar-refractivity contribution in [3.63, 3.8) is 0 Å². The second-order valence-corrected chi connectivity index (χ2v) is 7.01. The van der Waals surface area contributed by atoms with E-state index in [1.54, 1.807) is 0 Å². The maximum atomic E-state index is 13.1. The van der Waals surface area contributed by atoms with Gasteiger partial charge in [-0.15, -0.1) is 0 Å². The van der Waals surface area contributed by atoms with E-state index >= 15 is 0 Å².